The molecule has 3 aromatic carbocycles. The number of halogens is 1. The van der Waals surface area contributed by atoms with E-state index in [-0.39, 0.29) is 17.8 Å². The van der Waals surface area contributed by atoms with E-state index >= 15 is 0 Å². The van der Waals surface area contributed by atoms with E-state index in [0.717, 1.165) is 16.8 Å². The van der Waals surface area contributed by atoms with Gasteiger partial charge in [0.25, 0.3) is 0 Å². The van der Waals surface area contributed by atoms with Gasteiger partial charge in [0.2, 0.25) is 0 Å². The molecule has 5 nitrogen and oxygen atoms in total. The highest BCUT2D eigenvalue weighted by Crippen LogP contribution is 2.28. The smallest absolute Gasteiger partial charge is 0.323 e. The molecule has 1 aliphatic heterocycles. The van der Waals surface area contributed by atoms with Gasteiger partial charge in [0.05, 0.1) is 25.4 Å². The standard InChI is InChI=1S/C27H28FN3O2/c1-31-20(17-29-24(27(32)33-2)16-19-10-4-3-5-11-19)18-30-26(21-12-6-8-14-23(21)28)22-13-7-9-15-25(22)31/h3-15,20,24,29H,16-18H2,1-2H3/t20?,24-/m0/s1. The molecule has 170 valence electrons. The van der Waals surface area contributed by atoms with Crippen molar-refractivity contribution in [2.75, 3.05) is 32.1 Å². The van der Waals surface area contributed by atoms with Crippen molar-refractivity contribution in [2.24, 2.45) is 4.99 Å². The van der Waals surface area contributed by atoms with Crippen LogP contribution in [0.2, 0.25) is 0 Å². The van der Waals surface area contributed by atoms with Crippen molar-refractivity contribution in [1.29, 1.82) is 0 Å². The zero-order chi connectivity index (χ0) is 23.2. The number of fused-ring (bicyclic) bond motifs is 1. The van der Waals surface area contributed by atoms with Gasteiger partial charge in [0.15, 0.2) is 0 Å². The molecule has 0 amide bonds. The number of esters is 1. The summed E-state index contributed by atoms with van der Waals surface area (Å²) in [7, 11) is 3.41. The van der Waals surface area contributed by atoms with Gasteiger partial charge in [-0.2, -0.15) is 0 Å². The Morgan fingerprint density at radius 2 is 1.73 bits per heavy atom. The number of nitrogens with one attached hydrogen (secondary N) is 1. The minimum absolute atomic E-state index is 0.0293. The molecule has 6 heteroatoms. The average molecular weight is 446 g/mol. The molecule has 4 rings (SSSR count). The number of rotatable bonds is 7. The number of carbonyl (C=O) groups excluding carboxylic acids is 1. The van der Waals surface area contributed by atoms with Crippen LogP contribution < -0.4 is 10.2 Å². The number of benzene rings is 3. The summed E-state index contributed by atoms with van der Waals surface area (Å²) in [6.07, 6.45) is 0.532. The van der Waals surface area contributed by atoms with Crippen LogP contribution in [0.1, 0.15) is 16.7 Å². The maximum absolute atomic E-state index is 14.6. The van der Waals surface area contributed by atoms with Crippen LogP contribution in [0.5, 0.6) is 0 Å². The van der Waals surface area contributed by atoms with Gasteiger partial charge in [-0.05, 0) is 30.2 Å². The highest BCUT2D eigenvalue weighted by molar-refractivity contribution is 6.16. The van der Waals surface area contributed by atoms with E-state index in [1.165, 1.54) is 13.2 Å². The first-order valence-electron chi connectivity index (χ1n) is 11.0. The normalized spacial score (nSPS) is 16.4. The zero-order valence-electron chi connectivity index (χ0n) is 18.9. The predicted octanol–water partition coefficient (Wildman–Crippen LogP) is 3.86. The van der Waals surface area contributed by atoms with E-state index in [1.807, 2.05) is 67.7 Å². The third kappa shape index (κ3) is 5.12. The second-order valence-electron chi connectivity index (χ2n) is 8.12. The van der Waals surface area contributed by atoms with Crippen LogP contribution in [0.4, 0.5) is 10.1 Å². The zero-order valence-corrected chi connectivity index (χ0v) is 18.9. The SMILES string of the molecule is COC(=O)[C@H](Cc1ccccc1)NCC1CN=C(c2ccccc2F)c2ccccc2N1C. The van der Waals surface area contributed by atoms with Gasteiger partial charge in [0, 0.05) is 30.4 Å². The number of aliphatic imine (C=N–C) groups is 1. The van der Waals surface area contributed by atoms with Gasteiger partial charge in [-0.3, -0.25) is 9.79 Å². The van der Waals surface area contributed by atoms with E-state index < -0.39 is 6.04 Å². The molecule has 1 N–H and O–H groups in total. The summed E-state index contributed by atoms with van der Waals surface area (Å²) in [4.78, 5) is 19.4. The second-order valence-corrected chi connectivity index (χ2v) is 8.12. The first-order valence-corrected chi connectivity index (χ1v) is 11.0. The summed E-state index contributed by atoms with van der Waals surface area (Å²) in [6.45, 7) is 0.979. The number of methoxy groups -OCH3 is 1. The first-order chi connectivity index (χ1) is 16.1. The van der Waals surface area contributed by atoms with E-state index in [9.17, 15) is 9.18 Å². The van der Waals surface area contributed by atoms with Crippen molar-refractivity contribution in [3.8, 4) is 0 Å². The molecule has 0 fully saturated rings. The lowest BCUT2D eigenvalue weighted by Crippen LogP contribution is -2.48. The number of hydrogen-bond donors (Lipinski definition) is 1. The molecule has 3 aromatic rings. The topological polar surface area (TPSA) is 53.9 Å². The van der Waals surface area contributed by atoms with Gasteiger partial charge < -0.3 is 15.0 Å². The second kappa shape index (κ2) is 10.4. The Morgan fingerprint density at radius 3 is 2.45 bits per heavy atom. The number of likely N-dealkylation sites (N-methyl/N-ethyl adjacent to an activating group) is 1. The van der Waals surface area contributed by atoms with Crippen molar-refractivity contribution < 1.29 is 13.9 Å². The lowest BCUT2D eigenvalue weighted by Gasteiger charge is -2.30. The van der Waals surface area contributed by atoms with Crippen molar-refractivity contribution in [3.63, 3.8) is 0 Å². The molecule has 1 aliphatic rings. The third-order valence-electron chi connectivity index (χ3n) is 6.04. The predicted molar refractivity (Wildman–Crippen MR) is 129 cm³/mol. The van der Waals surface area contributed by atoms with Crippen LogP contribution >= 0.6 is 0 Å². The Balaban J connectivity index is 1.58. The summed E-state index contributed by atoms with van der Waals surface area (Å²) in [5, 5.41) is 3.38. The number of hydrogen-bond acceptors (Lipinski definition) is 5. The number of carbonyl (C=O) groups is 1. The summed E-state index contributed by atoms with van der Waals surface area (Å²) in [5.41, 5.74) is 4.05. The maximum Gasteiger partial charge on any atom is 0.323 e. The van der Waals surface area contributed by atoms with Crippen molar-refractivity contribution in [1.82, 2.24) is 5.32 Å². The highest BCUT2D eigenvalue weighted by atomic mass is 19.1. The minimum atomic E-state index is -0.473. The summed E-state index contributed by atoms with van der Waals surface area (Å²) >= 11 is 0. The number of benzodiazepines with no additional fused rings is 1. The van der Waals surface area contributed by atoms with E-state index in [2.05, 4.69) is 10.2 Å². The Labute approximate surface area is 193 Å². The van der Waals surface area contributed by atoms with Crippen molar-refractivity contribution >= 4 is 17.4 Å². The van der Waals surface area contributed by atoms with E-state index in [1.54, 1.807) is 12.1 Å². The third-order valence-corrected chi connectivity index (χ3v) is 6.04. The molecule has 33 heavy (non-hydrogen) atoms. The van der Waals surface area contributed by atoms with Crippen LogP contribution in [0.25, 0.3) is 0 Å². The quantitative estimate of drug-likeness (QED) is 0.562. The summed E-state index contributed by atoms with van der Waals surface area (Å²) in [6, 6.07) is 24.0. The molecule has 0 aliphatic carbocycles. The first kappa shape index (κ1) is 22.7. The fraction of sp³-hybridized carbons (Fsp3) is 0.259. The Hall–Kier alpha value is -3.51. The number of nitrogens with zero attached hydrogens (tertiary/aromatic N) is 2. The molecule has 1 unspecified atom stereocenters. The number of anilines is 1. The molecular formula is C27H28FN3O2. The largest absolute Gasteiger partial charge is 0.468 e. The maximum atomic E-state index is 14.6. The van der Waals surface area contributed by atoms with Gasteiger partial charge in [-0.1, -0.05) is 60.7 Å². The summed E-state index contributed by atoms with van der Waals surface area (Å²) in [5.74, 6) is -0.593. The van der Waals surface area contributed by atoms with Crippen LogP contribution in [-0.2, 0) is 16.0 Å². The van der Waals surface area contributed by atoms with Crippen LogP contribution in [-0.4, -0.2) is 51.0 Å². The summed E-state index contributed by atoms with van der Waals surface area (Å²) < 4.78 is 19.7. The van der Waals surface area contributed by atoms with Gasteiger partial charge in [0.1, 0.15) is 11.9 Å². The van der Waals surface area contributed by atoms with Crippen LogP contribution in [0, 0.1) is 5.82 Å². The van der Waals surface area contributed by atoms with E-state index in [4.69, 9.17) is 9.73 Å². The Morgan fingerprint density at radius 1 is 1.06 bits per heavy atom. The van der Waals surface area contributed by atoms with Crippen molar-refractivity contribution in [3.05, 3.63) is 101 Å². The van der Waals surface area contributed by atoms with Crippen LogP contribution in [0.3, 0.4) is 0 Å². The monoisotopic (exact) mass is 445 g/mol. The average Bonchev–Trinajstić information content (AvgIpc) is 2.99. The number of ether oxygens (including phenoxy) is 1. The fourth-order valence-electron chi connectivity index (χ4n) is 4.18. The van der Waals surface area contributed by atoms with Crippen LogP contribution in [0.15, 0.2) is 83.9 Å². The minimum Gasteiger partial charge on any atom is -0.468 e. The molecule has 2 atom stereocenters. The molecule has 0 radical (unpaired) electrons. The molecule has 0 bridgehead atoms. The number of para-hydroxylation sites is 1. The molecule has 0 aromatic heterocycles. The lowest BCUT2D eigenvalue weighted by atomic mass is 10.00. The van der Waals surface area contributed by atoms with E-state index in [0.29, 0.717) is 30.8 Å². The Bertz CT molecular complexity index is 1130. The Kier molecular flexibility index (Phi) is 7.15. The molecule has 0 saturated carbocycles. The van der Waals surface area contributed by atoms with Gasteiger partial charge in [-0.15, -0.1) is 0 Å². The molecular weight excluding hydrogens is 417 g/mol. The molecule has 0 saturated heterocycles. The van der Waals surface area contributed by atoms with Gasteiger partial charge >= 0.3 is 5.97 Å². The highest BCUT2D eigenvalue weighted by Gasteiger charge is 2.27. The lowest BCUT2D eigenvalue weighted by molar-refractivity contribution is -0.143. The molecule has 0 spiro atoms. The molecule has 1 heterocycles. The fourth-order valence-corrected chi connectivity index (χ4v) is 4.18. The van der Waals surface area contributed by atoms with Gasteiger partial charge in [-0.25, -0.2) is 4.39 Å². The van der Waals surface area contributed by atoms with Crippen molar-refractivity contribution in [2.45, 2.75) is 18.5 Å².